The number of hydrogen-bond donors (Lipinski definition) is 0. The van der Waals surface area contributed by atoms with Crippen molar-refractivity contribution in [1.29, 1.82) is 0 Å². The molecule has 0 amide bonds. The maximum Gasteiger partial charge on any atom is 0.460 e. The number of ether oxygens (including phenoxy) is 2. The number of aromatic nitrogens is 2. The molecule has 240 valence electrons. The third kappa shape index (κ3) is 7.26. The highest BCUT2D eigenvalue weighted by Gasteiger charge is 2.83. The molecule has 41 heavy (non-hydrogen) atoms. The Morgan fingerprint density at radius 2 is 0.878 bits per heavy atom. The van der Waals surface area contributed by atoms with Crippen molar-refractivity contribution < 1.29 is 88.5 Å². The van der Waals surface area contributed by atoms with Crippen LogP contribution in [0.5, 0.6) is 11.8 Å². The van der Waals surface area contributed by atoms with Gasteiger partial charge in [-0.1, -0.05) is 19.8 Å². The summed E-state index contributed by atoms with van der Waals surface area (Å²) in [5.74, 6) is -45.2. The molecule has 1 aromatic heterocycles. The molecule has 4 nitrogen and oxygen atoms in total. The molecule has 0 saturated heterocycles. The Morgan fingerprint density at radius 1 is 0.537 bits per heavy atom. The van der Waals surface area contributed by atoms with E-state index in [2.05, 4.69) is 19.4 Å². The summed E-state index contributed by atoms with van der Waals surface area (Å²) in [5.41, 5.74) is 0. The Morgan fingerprint density at radius 3 is 1.17 bits per heavy atom. The van der Waals surface area contributed by atoms with Crippen LogP contribution in [0.3, 0.4) is 0 Å². The molecule has 0 saturated carbocycles. The maximum absolute atomic E-state index is 13.7. The summed E-state index contributed by atoms with van der Waals surface area (Å²) in [5, 5.41) is 0. The largest absolute Gasteiger partial charge is 0.471 e. The topological polar surface area (TPSA) is 44.2 Å². The van der Waals surface area contributed by atoms with Gasteiger partial charge in [-0.2, -0.15) is 89.0 Å². The predicted octanol–water partition coefficient (Wildman–Crippen LogP) is 7.90. The smallest absolute Gasteiger partial charge is 0.460 e. The van der Waals surface area contributed by atoms with Crippen LogP contribution in [0.2, 0.25) is 0 Å². The van der Waals surface area contributed by atoms with Crippen LogP contribution in [0.4, 0.5) is 79.0 Å². The normalized spacial score (nSPS) is 14.8. The Balaban J connectivity index is 3.31. The van der Waals surface area contributed by atoms with Crippen LogP contribution in [-0.4, -0.2) is 71.1 Å². The van der Waals surface area contributed by atoms with Crippen molar-refractivity contribution in [3.8, 4) is 11.8 Å². The van der Waals surface area contributed by atoms with Crippen molar-refractivity contribution in [3.63, 3.8) is 0 Å². The van der Waals surface area contributed by atoms with Crippen molar-refractivity contribution in [2.75, 3.05) is 13.2 Å². The Bertz CT molecular complexity index is 950. The van der Waals surface area contributed by atoms with Gasteiger partial charge in [0.2, 0.25) is 11.8 Å². The lowest BCUT2D eigenvalue weighted by Gasteiger charge is -2.33. The van der Waals surface area contributed by atoms with Crippen LogP contribution in [0.1, 0.15) is 32.0 Å². The van der Waals surface area contributed by atoms with Crippen molar-refractivity contribution in [2.24, 2.45) is 0 Å². The highest BCUT2D eigenvalue weighted by Crippen LogP contribution is 2.54. The summed E-state index contributed by atoms with van der Waals surface area (Å²) < 4.78 is 242. The van der Waals surface area contributed by atoms with Gasteiger partial charge in [-0.3, -0.25) is 0 Å². The molecule has 0 atom stereocenters. The lowest BCUT2D eigenvalue weighted by Crippen LogP contribution is -2.62. The van der Waals surface area contributed by atoms with Crippen LogP contribution in [0.15, 0.2) is 6.07 Å². The molecule has 0 N–H and O–H groups in total. The lowest BCUT2D eigenvalue weighted by atomic mass is 10.0. The number of rotatable bonds is 14. The average Bonchev–Trinajstić information content (AvgIpc) is 2.80. The van der Waals surface area contributed by atoms with Gasteiger partial charge in [-0.25, -0.2) is 0 Å². The minimum absolute atomic E-state index is 0.0738. The summed E-state index contributed by atoms with van der Waals surface area (Å²) in [6.45, 7) is -4.34. The van der Waals surface area contributed by atoms with Crippen LogP contribution >= 0.6 is 0 Å². The van der Waals surface area contributed by atoms with Gasteiger partial charge < -0.3 is 9.47 Å². The molecule has 1 heterocycles. The SMILES string of the molecule is CCCCCc1nc(OCC(F)(F)C(F)(F)C(F)(F)C(F)(F)F)cc(OCC(F)(F)C(F)(F)C(F)(F)C(F)(F)F)n1. The summed E-state index contributed by atoms with van der Waals surface area (Å²) in [4.78, 5) is 6.52. The van der Waals surface area contributed by atoms with Gasteiger partial charge in [-0.05, 0) is 6.42 Å². The second-order valence-electron chi connectivity index (χ2n) is 8.20. The van der Waals surface area contributed by atoms with E-state index in [-0.39, 0.29) is 18.9 Å². The van der Waals surface area contributed by atoms with Gasteiger partial charge in [0.1, 0.15) is 5.82 Å². The molecule has 0 unspecified atom stereocenters. The summed E-state index contributed by atoms with van der Waals surface area (Å²) in [7, 11) is 0. The molecule has 22 heteroatoms. The van der Waals surface area contributed by atoms with Crippen LogP contribution in [0, 0.1) is 0 Å². The van der Waals surface area contributed by atoms with Crippen molar-refractivity contribution in [2.45, 2.75) is 80.5 Å². The van der Waals surface area contributed by atoms with E-state index < -0.39 is 78.7 Å². The molecule has 0 bridgehead atoms. The second kappa shape index (κ2) is 11.6. The van der Waals surface area contributed by atoms with Gasteiger partial charge >= 0.3 is 47.9 Å². The fourth-order valence-corrected chi connectivity index (χ4v) is 2.57. The Kier molecular flexibility index (Phi) is 10.3. The first kappa shape index (κ1) is 36.4. The standard InChI is InChI=1S/C19H16F18N2O2/c1-2-3-4-5-9-38-10(40-7-12(20,21)14(24,25)16(28,29)18(32,33)34)6-11(39-9)41-8-13(22,23)15(26,27)17(30,31)19(35,36)37/h6H,2-5,7-8H2,1H3. The van der Waals surface area contributed by atoms with Crippen LogP contribution in [-0.2, 0) is 6.42 Å². The number of hydrogen-bond acceptors (Lipinski definition) is 4. The van der Waals surface area contributed by atoms with E-state index in [1.165, 1.54) is 0 Å². The predicted molar refractivity (Wildman–Crippen MR) is 98.0 cm³/mol. The van der Waals surface area contributed by atoms with Gasteiger partial charge in [0, 0.05) is 6.42 Å². The first-order chi connectivity index (χ1) is 18.1. The zero-order valence-corrected chi connectivity index (χ0v) is 19.8. The molecule has 1 rings (SSSR count). The van der Waals surface area contributed by atoms with Gasteiger partial charge in [0.05, 0.1) is 6.07 Å². The number of nitrogens with zero attached hydrogens (tertiary/aromatic N) is 2. The third-order valence-corrected chi connectivity index (χ3v) is 4.95. The number of halogens is 18. The van der Waals surface area contributed by atoms with E-state index in [1.54, 1.807) is 6.92 Å². The van der Waals surface area contributed by atoms with E-state index in [4.69, 9.17) is 0 Å². The van der Waals surface area contributed by atoms with Crippen molar-refractivity contribution in [1.82, 2.24) is 9.97 Å². The first-order valence-electron chi connectivity index (χ1n) is 10.6. The maximum atomic E-state index is 13.7. The minimum Gasteiger partial charge on any atom is -0.471 e. The molecular weight excluding hydrogens is 630 g/mol. The van der Waals surface area contributed by atoms with Gasteiger partial charge in [0.15, 0.2) is 13.2 Å². The molecule has 0 aliphatic heterocycles. The zero-order chi connectivity index (χ0) is 32.5. The molecular formula is C19H16F18N2O2. The van der Waals surface area contributed by atoms with Crippen LogP contribution in [0.25, 0.3) is 0 Å². The van der Waals surface area contributed by atoms with E-state index in [0.29, 0.717) is 12.8 Å². The third-order valence-electron chi connectivity index (χ3n) is 4.95. The van der Waals surface area contributed by atoms with Crippen LogP contribution < -0.4 is 9.47 Å². The average molecular weight is 646 g/mol. The van der Waals surface area contributed by atoms with E-state index in [1.807, 2.05) is 0 Å². The minimum atomic E-state index is -7.30. The molecule has 1 aromatic rings. The zero-order valence-electron chi connectivity index (χ0n) is 19.8. The number of alkyl halides is 18. The molecule has 0 aliphatic rings. The molecule has 0 aliphatic carbocycles. The molecule has 0 aromatic carbocycles. The quantitative estimate of drug-likeness (QED) is 0.152. The number of aryl methyl sites for hydroxylation is 1. The van der Waals surface area contributed by atoms with Gasteiger partial charge in [0.25, 0.3) is 0 Å². The highest BCUT2D eigenvalue weighted by atomic mass is 19.4. The fourth-order valence-electron chi connectivity index (χ4n) is 2.57. The first-order valence-corrected chi connectivity index (χ1v) is 10.6. The monoisotopic (exact) mass is 646 g/mol. The molecule has 0 fully saturated rings. The van der Waals surface area contributed by atoms with Crippen molar-refractivity contribution >= 4 is 0 Å². The highest BCUT2D eigenvalue weighted by molar-refractivity contribution is 5.22. The summed E-state index contributed by atoms with van der Waals surface area (Å²) >= 11 is 0. The van der Waals surface area contributed by atoms with Crippen molar-refractivity contribution in [3.05, 3.63) is 11.9 Å². The summed E-state index contributed by atoms with van der Waals surface area (Å²) in [6, 6.07) is -0.0738. The van der Waals surface area contributed by atoms with E-state index >= 15 is 0 Å². The van der Waals surface area contributed by atoms with E-state index in [9.17, 15) is 79.0 Å². The lowest BCUT2D eigenvalue weighted by molar-refractivity contribution is -0.398. The second-order valence-corrected chi connectivity index (χ2v) is 8.20. The number of unbranched alkanes of at least 4 members (excludes halogenated alkanes) is 2. The fraction of sp³-hybridized carbons (Fsp3) is 0.789. The van der Waals surface area contributed by atoms with E-state index in [0.717, 1.165) is 0 Å². The molecule has 0 spiro atoms. The summed E-state index contributed by atoms with van der Waals surface area (Å²) in [6.07, 6.45) is -13.8. The molecule has 0 radical (unpaired) electrons. The Hall–Kier alpha value is -2.58. The Labute approximate surface area is 217 Å². The van der Waals surface area contributed by atoms with Gasteiger partial charge in [-0.15, -0.1) is 0 Å².